The van der Waals surface area contributed by atoms with Gasteiger partial charge >= 0.3 is 24.1 Å². The smallest absolute Gasteiger partial charge is 0.420 e. The van der Waals surface area contributed by atoms with Gasteiger partial charge in [0.05, 0.1) is 0 Å². The highest BCUT2D eigenvalue weighted by atomic mass is 32.2. The number of ether oxygens (including phenoxy) is 5. The number of carbonyl (C=O) groups is 4. The summed E-state index contributed by atoms with van der Waals surface area (Å²) in [5.74, 6) is -1.20. The monoisotopic (exact) mass is 529 g/mol. The van der Waals surface area contributed by atoms with Crippen molar-refractivity contribution in [2.24, 2.45) is 0 Å². The molecule has 0 saturated carbocycles. The molecule has 196 valence electrons. The fourth-order valence-corrected chi connectivity index (χ4v) is 5.27. The molecule has 5 atom stereocenters. The molecule has 0 spiro atoms. The SMILES string of the molecule is CC(=O)OCC1O[C@H](Sc2ccc(C)cc2)[C@@H]2[C@@H](OC(=O)N2C(=O)OCc2ccccc2)C1OC(C)=O. The highest BCUT2D eigenvalue weighted by Crippen LogP contribution is 2.41. The largest absolute Gasteiger partial charge is 0.463 e. The van der Waals surface area contributed by atoms with Crippen molar-refractivity contribution in [3.05, 3.63) is 65.7 Å². The summed E-state index contributed by atoms with van der Waals surface area (Å²) >= 11 is 1.26. The van der Waals surface area contributed by atoms with E-state index in [0.29, 0.717) is 0 Å². The van der Waals surface area contributed by atoms with E-state index in [9.17, 15) is 19.2 Å². The zero-order chi connectivity index (χ0) is 26.5. The lowest BCUT2D eigenvalue weighted by Crippen LogP contribution is -2.61. The van der Waals surface area contributed by atoms with Crippen LogP contribution in [0.4, 0.5) is 9.59 Å². The Morgan fingerprint density at radius 2 is 1.68 bits per heavy atom. The van der Waals surface area contributed by atoms with Gasteiger partial charge in [-0.2, -0.15) is 0 Å². The number of carbonyl (C=O) groups excluding carboxylic acids is 4. The molecule has 2 heterocycles. The van der Waals surface area contributed by atoms with Gasteiger partial charge in [-0.15, -0.1) is 0 Å². The number of benzene rings is 2. The molecule has 11 heteroatoms. The summed E-state index contributed by atoms with van der Waals surface area (Å²) in [6.45, 7) is 4.10. The van der Waals surface area contributed by atoms with Gasteiger partial charge in [0.2, 0.25) is 0 Å². The van der Waals surface area contributed by atoms with E-state index in [0.717, 1.165) is 20.9 Å². The predicted octanol–water partition coefficient (Wildman–Crippen LogP) is 3.83. The number of thioether (sulfide) groups is 1. The van der Waals surface area contributed by atoms with Gasteiger partial charge in [0.25, 0.3) is 0 Å². The number of aryl methyl sites for hydroxylation is 1. The van der Waals surface area contributed by atoms with Crippen LogP contribution in [0, 0.1) is 6.92 Å². The molecule has 0 radical (unpaired) electrons. The van der Waals surface area contributed by atoms with E-state index in [4.69, 9.17) is 23.7 Å². The molecule has 2 unspecified atom stereocenters. The Morgan fingerprint density at radius 3 is 2.32 bits per heavy atom. The molecule has 2 saturated heterocycles. The van der Waals surface area contributed by atoms with E-state index in [1.165, 1.54) is 25.6 Å². The van der Waals surface area contributed by atoms with Crippen LogP contribution in [-0.2, 0) is 39.9 Å². The number of esters is 2. The van der Waals surface area contributed by atoms with Crippen LogP contribution in [0.5, 0.6) is 0 Å². The lowest BCUT2D eigenvalue weighted by atomic mass is 9.97. The molecule has 2 fully saturated rings. The second-order valence-corrected chi connectivity index (χ2v) is 9.77. The molecule has 2 aromatic rings. The van der Waals surface area contributed by atoms with E-state index in [1.54, 1.807) is 24.3 Å². The van der Waals surface area contributed by atoms with Crippen molar-refractivity contribution in [1.82, 2.24) is 4.90 Å². The Labute approximate surface area is 218 Å². The first-order valence-electron chi connectivity index (χ1n) is 11.6. The van der Waals surface area contributed by atoms with E-state index in [1.807, 2.05) is 37.3 Å². The quantitative estimate of drug-likeness (QED) is 0.387. The average molecular weight is 530 g/mol. The van der Waals surface area contributed by atoms with Crippen LogP contribution in [0.2, 0.25) is 0 Å². The fourth-order valence-electron chi connectivity index (χ4n) is 4.09. The highest BCUT2D eigenvalue weighted by Gasteiger charge is 2.60. The Kier molecular flexibility index (Phi) is 8.34. The summed E-state index contributed by atoms with van der Waals surface area (Å²) in [7, 11) is 0. The molecule has 4 rings (SSSR count). The first-order valence-corrected chi connectivity index (χ1v) is 12.5. The van der Waals surface area contributed by atoms with Crippen molar-refractivity contribution in [1.29, 1.82) is 0 Å². The van der Waals surface area contributed by atoms with Gasteiger partial charge in [-0.3, -0.25) is 9.59 Å². The maximum atomic E-state index is 13.1. The first-order chi connectivity index (χ1) is 17.7. The average Bonchev–Trinajstić information content (AvgIpc) is 3.22. The Bertz CT molecular complexity index is 1140. The molecule has 2 aromatic carbocycles. The minimum absolute atomic E-state index is 0.0556. The Hall–Kier alpha value is -3.57. The molecule has 0 aromatic heterocycles. The molecular weight excluding hydrogens is 502 g/mol. The summed E-state index contributed by atoms with van der Waals surface area (Å²) in [6, 6.07) is 15.6. The number of fused-ring (bicyclic) bond motifs is 1. The number of imide groups is 1. The van der Waals surface area contributed by atoms with Crippen LogP contribution in [0.15, 0.2) is 59.5 Å². The first kappa shape index (κ1) is 26.5. The number of amides is 2. The predicted molar refractivity (Wildman–Crippen MR) is 130 cm³/mol. The van der Waals surface area contributed by atoms with Gasteiger partial charge in [0, 0.05) is 18.7 Å². The van der Waals surface area contributed by atoms with E-state index in [-0.39, 0.29) is 13.2 Å². The topological polar surface area (TPSA) is 118 Å². The van der Waals surface area contributed by atoms with Gasteiger partial charge in [-0.05, 0) is 24.6 Å². The van der Waals surface area contributed by atoms with Crippen LogP contribution in [0.1, 0.15) is 25.0 Å². The van der Waals surface area contributed by atoms with Crippen molar-refractivity contribution < 1.29 is 42.9 Å². The van der Waals surface area contributed by atoms with Crippen LogP contribution < -0.4 is 0 Å². The summed E-state index contributed by atoms with van der Waals surface area (Å²) in [6.07, 6.45) is -4.99. The van der Waals surface area contributed by atoms with E-state index >= 15 is 0 Å². The van der Waals surface area contributed by atoms with E-state index in [2.05, 4.69) is 0 Å². The van der Waals surface area contributed by atoms with Crippen LogP contribution in [0.3, 0.4) is 0 Å². The second-order valence-electron chi connectivity index (χ2n) is 8.60. The number of nitrogens with zero attached hydrogens (tertiary/aromatic N) is 1. The summed E-state index contributed by atoms with van der Waals surface area (Å²) in [4.78, 5) is 51.1. The van der Waals surface area contributed by atoms with Gasteiger partial charge in [0.1, 0.15) is 30.8 Å². The van der Waals surface area contributed by atoms with Crippen LogP contribution in [-0.4, -0.2) is 65.4 Å². The minimum Gasteiger partial charge on any atom is -0.463 e. The van der Waals surface area contributed by atoms with E-state index < -0.39 is 53.9 Å². The summed E-state index contributed by atoms with van der Waals surface area (Å²) < 4.78 is 27.8. The fraction of sp³-hybridized carbons (Fsp3) is 0.385. The standard InChI is InChI=1S/C26H27NO9S/c1-15-9-11-19(12-10-15)37-24-21-23(22(34-17(3)29)20(35-24)14-32-16(2)28)36-26(31)27(21)25(30)33-13-18-7-5-4-6-8-18/h4-12,20-24H,13-14H2,1-3H3/t20?,21-,22?,23+,24+/m0/s1. The number of hydrogen-bond donors (Lipinski definition) is 0. The highest BCUT2D eigenvalue weighted by molar-refractivity contribution is 7.99. The zero-order valence-electron chi connectivity index (χ0n) is 20.5. The molecule has 2 aliphatic rings. The molecule has 0 N–H and O–H groups in total. The van der Waals surface area contributed by atoms with Crippen molar-refractivity contribution in [3.63, 3.8) is 0 Å². The lowest BCUT2D eigenvalue weighted by molar-refractivity contribution is -0.195. The second kappa shape index (κ2) is 11.7. The summed E-state index contributed by atoms with van der Waals surface area (Å²) in [5.41, 5.74) is 0.959. The normalized spacial score (nSPS) is 24.6. The Balaban J connectivity index is 1.63. The zero-order valence-corrected chi connectivity index (χ0v) is 21.3. The van der Waals surface area contributed by atoms with Crippen LogP contribution in [0.25, 0.3) is 0 Å². The van der Waals surface area contributed by atoms with Crippen LogP contribution >= 0.6 is 11.8 Å². The number of rotatable bonds is 7. The third-order valence-electron chi connectivity index (χ3n) is 5.77. The molecule has 2 aliphatic heterocycles. The molecule has 10 nitrogen and oxygen atoms in total. The van der Waals surface area contributed by atoms with Gasteiger partial charge < -0.3 is 23.7 Å². The van der Waals surface area contributed by atoms with Crippen molar-refractivity contribution in [2.45, 2.75) is 62.1 Å². The van der Waals surface area contributed by atoms with Gasteiger partial charge in [-0.1, -0.05) is 59.8 Å². The third kappa shape index (κ3) is 6.41. The third-order valence-corrected chi connectivity index (χ3v) is 6.94. The van der Waals surface area contributed by atoms with Gasteiger partial charge in [-0.25, -0.2) is 14.5 Å². The maximum Gasteiger partial charge on any atom is 0.420 e. The van der Waals surface area contributed by atoms with Crippen molar-refractivity contribution in [2.75, 3.05) is 6.61 Å². The van der Waals surface area contributed by atoms with Gasteiger partial charge in [0.15, 0.2) is 12.2 Å². The molecule has 37 heavy (non-hydrogen) atoms. The van der Waals surface area contributed by atoms with Crippen molar-refractivity contribution in [3.8, 4) is 0 Å². The minimum atomic E-state index is -1.12. The Morgan fingerprint density at radius 1 is 0.973 bits per heavy atom. The summed E-state index contributed by atoms with van der Waals surface area (Å²) in [5, 5.41) is 0. The lowest BCUT2D eigenvalue weighted by Gasteiger charge is -2.42. The molecule has 0 aliphatic carbocycles. The molecule has 0 bridgehead atoms. The maximum absolute atomic E-state index is 13.1. The number of hydrogen-bond acceptors (Lipinski definition) is 10. The molecule has 2 amide bonds. The molecular formula is C26H27NO9S. The van der Waals surface area contributed by atoms with Crippen molar-refractivity contribution >= 4 is 35.9 Å².